The van der Waals surface area contributed by atoms with E-state index >= 15 is 0 Å². The number of hydrogen-bond acceptors (Lipinski definition) is 9. The van der Waals surface area contributed by atoms with Crippen LogP contribution in [-0.4, -0.2) is 54.6 Å². The van der Waals surface area contributed by atoms with E-state index in [4.69, 9.17) is 4.74 Å². The fourth-order valence-electron chi connectivity index (χ4n) is 3.05. The van der Waals surface area contributed by atoms with Gasteiger partial charge < -0.3 is 14.7 Å². The van der Waals surface area contributed by atoms with Crippen LogP contribution in [0.3, 0.4) is 0 Å². The van der Waals surface area contributed by atoms with E-state index in [-0.39, 0.29) is 22.0 Å². The van der Waals surface area contributed by atoms with Crippen LogP contribution in [0.4, 0.5) is 13.2 Å². The van der Waals surface area contributed by atoms with Crippen molar-refractivity contribution in [3.63, 3.8) is 0 Å². The molecule has 180 valence electrons. The first-order valence-corrected chi connectivity index (χ1v) is 12.1. The number of fused-ring (bicyclic) bond motifs is 1. The summed E-state index contributed by atoms with van der Waals surface area (Å²) in [7, 11) is -5.81. The van der Waals surface area contributed by atoms with E-state index in [1.807, 2.05) is 11.8 Å². The van der Waals surface area contributed by atoms with Gasteiger partial charge in [0.25, 0.3) is 0 Å². The maximum atomic E-state index is 12.9. The third-order valence-corrected chi connectivity index (χ3v) is 6.27. The number of amidine groups is 1. The lowest BCUT2D eigenvalue weighted by Gasteiger charge is -2.34. The van der Waals surface area contributed by atoms with E-state index in [0.717, 1.165) is 23.8 Å². The van der Waals surface area contributed by atoms with Crippen molar-refractivity contribution in [1.82, 2.24) is 4.90 Å². The molecule has 0 saturated carbocycles. The summed E-state index contributed by atoms with van der Waals surface area (Å²) in [4.78, 5) is 1.91. The van der Waals surface area contributed by atoms with Gasteiger partial charge in [-0.3, -0.25) is 0 Å². The summed E-state index contributed by atoms with van der Waals surface area (Å²) in [6.07, 6.45) is 3.79. The number of azo groups is 1. The molecule has 0 N–H and O–H groups in total. The van der Waals surface area contributed by atoms with Crippen molar-refractivity contribution in [1.29, 1.82) is 0 Å². The van der Waals surface area contributed by atoms with Gasteiger partial charge in [-0.15, -0.1) is 20.4 Å². The Hall–Kier alpha value is -2.68. The molecule has 3 rings (SSSR count). The maximum Gasteiger partial charge on any atom is 0.518 e. The number of rotatable bonds is 5. The van der Waals surface area contributed by atoms with Crippen molar-refractivity contribution in [3.8, 4) is 0 Å². The second kappa shape index (κ2) is 9.67. The first kappa shape index (κ1) is 25.0. The molecule has 0 aromatic carbocycles. The monoisotopic (exact) mass is 505 g/mol. The Kier molecular flexibility index (Phi) is 7.31. The summed E-state index contributed by atoms with van der Waals surface area (Å²) in [5, 5.41) is 26.8. The fourth-order valence-corrected chi connectivity index (χ4v) is 4.10. The number of likely N-dealkylation sites (N-methyl/N-ethyl adjacent to an activating group) is 1. The molecule has 0 amide bonds. The van der Waals surface area contributed by atoms with Crippen LogP contribution >= 0.6 is 11.8 Å². The Labute approximate surface area is 192 Å². The van der Waals surface area contributed by atoms with Gasteiger partial charge in [0.2, 0.25) is 5.17 Å². The van der Waals surface area contributed by atoms with Crippen LogP contribution in [0.2, 0.25) is 0 Å². The van der Waals surface area contributed by atoms with Gasteiger partial charge in [-0.25, -0.2) is 0 Å². The lowest BCUT2D eigenvalue weighted by atomic mass is 9.92. The van der Waals surface area contributed by atoms with Crippen molar-refractivity contribution in [2.75, 3.05) is 13.1 Å². The summed E-state index contributed by atoms with van der Waals surface area (Å²) in [6, 6.07) is 0. The van der Waals surface area contributed by atoms with Crippen molar-refractivity contribution in [3.05, 3.63) is 34.4 Å². The molecule has 0 radical (unpaired) electrons. The predicted octanol–water partition coefficient (Wildman–Crippen LogP) is 3.04. The van der Waals surface area contributed by atoms with E-state index < -0.39 is 27.2 Å². The van der Waals surface area contributed by atoms with Gasteiger partial charge in [0, 0.05) is 18.8 Å². The predicted molar refractivity (Wildman–Crippen MR) is 116 cm³/mol. The normalized spacial score (nSPS) is 24.5. The van der Waals surface area contributed by atoms with E-state index in [1.54, 1.807) is 13.8 Å². The number of ether oxygens (including phenoxy) is 1. The first-order chi connectivity index (χ1) is 15.4. The zero-order valence-electron chi connectivity index (χ0n) is 17.8. The Morgan fingerprint density at radius 1 is 1.27 bits per heavy atom. The molecule has 0 bridgehead atoms. The molecule has 15 heteroatoms. The van der Waals surface area contributed by atoms with Gasteiger partial charge >= 0.3 is 15.5 Å². The lowest BCUT2D eigenvalue weighted by Crippen LogP contribution is -2.33. The molecule has 2 aliphatic heterocycles. The highest BCUT2D eigenvalue weighted by atomic mass is 32.2. The number of allylic oxidation sites excluding steroid dienone is 3. The highest BCUT2D eigenvalue weighted by Gasteiger charge is 2.46. The standard InChI is InChI=1S/C18H21F3N6O4S2/c1-4-27-7-5-6-11-8-12(13(9-14(11)27)26-33(29,30)18(19,20)21)22-24-17-25-23-15(32-17)16(28)31-10(2)3/h8-10,28H,4-7H2,1-3H3/p-1. The van der Waals surface area contributed by atoms with Crippen LogP contribution < -0.4 is 5.11 Å². The number of alkyl halides is 3. The van der Waals surface area contributed by atoms with Crippen molar-refractivity contribution in [2.24, 2.45) is 24.8 Å². The Balaban J connectivity index is 1.99. The van der Waals surface area contributed by atoms with Gasteiger partial charge in [-0.05, 0) is 55.4 Å². The summed E-state index contributed by atoms with van der Waals surface area (Å²) < 4.78 is 70.2. The molecular formula is C18H20F3N6O4S2-. The summed E-state index contributed by atoms with van der Waals surface area (Å²) in [6.45, 7) is 6.46. The minimum Gasteiger partial charge on any atom is -0.609 e. The molecule has 0 spiro atoms. The Bertz CT molecular complexity index is 1130. The van der Waals surface area contributed by atoms with E-state index in [9.17, 15) is 26.7 Å². The lowest BCUT2D eigenvalue weighted by molar-refractivity contribution is -0.362. The minimum absolute atomic E-state index is 0.0664. The average Bonchev–Trinajstić information content (AvgIpc) is 3.19. The molecule has 1 saturated heterocycles. The molecule has 0 atom stereocenters. The molecule has 33 heavy (non-hydrogen) atoms. The highest BCUT2D eigenvalue weighted by molar-refractivity contribution is 8.17. The summed E-state index contributed by atoms with van der Waals surface area (Å²) >= 11 is 0.764. The summed E-state index contributed by atoms with van der Waals surface area (Å²) in [5.41, 5.74) is -4.88. The largest absolute Gasteiger partial charge is 0.609 e. The first-order valence-electron chi connectivity index (χ1n) is 9.83. The molecule has 0 aromatic heterocycles. The van der Waals surface area contributed by atoms with Gasteiger partial charge in [-0.2, -0.15) is 26.0 Å². The minimum atomic E-state index is -5.81. The third kappa shape index (κ3) is 5.82. The van der Waals surface area contributed by atoms with Gasteiger partial charge in [0.1, 0.15) is 16.5 Å². The smallest absolute Gasteiger partial charge is 0.518 e. The quantitative estimate of drug-likeness (QED) is 0.321. The van der Waals surface area contributed by atoms with Crippen molar-refractivity contribution >= 4 is 38.4 Å². The third-order valence-electron chi connectivity index (χ3n) is 4.46. The zero-order chi connectivity index (χ0) is 24.4. The van der Waals surface area contributed by atoms with Crippen LogP contribution in [0.25, 0.3) is 0 Å². The van der Waals surface area contributed by atoms with Gasteiger partial charge in [0.05, 0.1) is 5.95 Å². The second-order valence-corrected chi connectivity index (χ2v) is 9.76. The molecule has 1 fully saturated rings. The summed E-state index contributed by atoms with van der Waals surface area (Å²) in [5.74, 6) is -0.704. The number of halogens is 3. The SMILES string of the molecule is CCN1CCCC2=CC(=NN=C3N=NC(=C([O-])OC(C)C)S3)C(=NS(=O)(=O)C(F)(F)F)C=C21. The van der Waals surface area contributed by atoms with Crippen LogP contribution in [0, 0.1) is 0 Å². The molecule has 10 nitrogen and oxygen atoms in total. The molecule has 0 unspecified atom stereocenters. The molecule has 2 heterocycles. The number of sulfonamides is 1. The van der Waals surface area contributed by atoms with E-state index in [0.29, 0.717) is 25.2 Å². The topological polar surface area (TPSA) is 131 Å². The van der Waals surface area contributed by atoms with Gasteiger partial charge in [0.15, 0.2) is 0 Å². The van der Waals surface area contributed by atoms with Crippen molar-refractivity contribution < 1.29 is 31.4 Å². The number of hydrogen-bond donors (Lipinski definition) is 0. The molecule has 0 aromatic rings. The van der Waals surface area contributed by atoms with Crippen molar-refractivity contribution in [2.45, 2.75) is 45.2 Å². The average molecular weight is 506 g/mol. The number of nitrogens with zero attached hydrogens (tertiary/aromatic N) is 6. The molecule has 1 aliphatic carbocycles. The number of thioether (sulfide) groups is 1. The van der Waals surface area contributed by atoms with Crippen LogP contribution in [0.1, 0.15) is 33.6 Å². The second-order valence-electron chi connectivity index (χ2n) is 7.21. The number of likely N-dealkylation sites (tertiary alicyclic amines) is 1. The fraction of sp³-hybridized carbons (Fsp3) is 0.500. The van der Waals surface area contributed by atoms with E-state index in [1.165, 1.54) is 12.2 Å². The Morgan fingerprint density at radius 3 is 2.64 bits per heavy atom. The van der Waals surface area contributed by atoms with Gasteiger partial charge in [-0.1, -0.05) is 13.8 Å². The Morgan fingerprint density at radius 2 is 2.00 bits per heavy atom. The van der Waals surface area contributed by atoms with Crippen LogP contribution in [0.15, 0.2) is 59.2 Å². The molecular weight excluding hydrogens is 485 g/mol. The van der Waals surface area contributed by atoms with E-state index in [2.05, 4.69) is 24.8 Å². The van der Waals surface area contributed by atoms with Crippen LogP contribution in [0.5, 0.6) is 0 Å². The highest BCUT2D eigenvalue weighted by Crippen LogP contribution is 2.32. The zero-order valence-corrected chi connectivity index (χ0v) is 19.5. The number of piperidine rings is 1. The maximum absolute atomic E-state index is 12.9. The molecule has 3 aliphatic rings. The van der Waals surface area contributed by atoms with Crippen LogP contribution in [-0.2, 0) is 14.8 Å².